The predicted octanol–water partition coefficient (Wildman–Crippen LogP) is 3.50. The molecule has 0 bridgehead atoms. The van der Waals surface area contributed by atoms with Crippen molar-refractivity contribution >= 4 is 15.9 Å². The molecule has 0 amide bonds. The Morgan fingerprint density at radius 1 is 1.33 bits per heavy atom. The van der Waals surface area contributed by atoms with E-state index in [2.05, 4.69) is 22.9 Å². The Balaban J connectivity index is 2.49. The van der Waals surface area contributed by atoms with Crippen LogP contribution < -0.4 is 9.47 Å². The third-order valence-electron chi connectivity index (χ3n) is 2.32. The third-order valence-corrected chi connectivity index (χ3v) is 3.24. The van der Waals surface area contributed by atoms with E-state index in [0.29, 0.717) is 5.92 Å². The minimum absolute atomic E-state index is 0.566. The molecule has 2 nitrogen and oxygen atoms in total. The summed E-state index contributed by atoms with van der Waals surface area (Å²) in [6.07, 6.45) is 1.12. The molecular formula is C12H17BrO2. The molecule has 0 radical (unpaired) electrons. The van der Waals surface area contributed by atoms with Crippen LogP contribution in [0.5, 0.6) is 11.5 Å². The molecule has 0 spiro atoms. The molecule has 1 atom stereocenters. The third kappa shape index (κ3) is 4.12. The number of halogens is 1. The zero-order valence-corrected chi connectivity index (χ0v) is 10.8. The number of ether oxygens (including phenoxy) is 2. The molecule has 0 saturated heterocycles. The van der Waals surface area contributed by atoms with Crippen LogP contribution in [0, 0.1) is 5.92 Å². The predicted molar refractivity (Wildman–Crippen MR) is 66.1 cm³/mol. The summed E-state index contributed by atoms with van der Waals surface area (Å²) in [5, 5.41) is 0.980. The molecule has 1 aromatic carbocycles. The summed E-state index contributed by atoms with van der Waals surface area (Å²) in [6.45, 7) is 2.91. The zero-order chi connectivity index (χ0) is 11.1. The van der Waals surface area contributed by atoms with Crippen molar-refractivity contribution in [2.45, 2.75) is 13.3 Å². The first-order valence-corrected chi connectivity index (χ1v) is 6.25. The lowest BCUT2D eigenvalue weighted by molar-refractivity contribution is 0.259. The molecule has 0 aliphatic heterocycles. The Labute approximate surface area is 99.7 Å². The van der Waals surface area contributed by atoms with Crippen LogP contribution in [0.2, 0.25) is 0 Å². The highest BCUT2D eigenvalue weighted by atomic mass is 79.9. The second kappa shape index (κ2) is 6.72. The molecular weight excluding hydrogens is 256 g/mol. The van der Waals surface area contributed by atoms with E-state index in [4.69, 9.17) is 9.47 Å². The molecule has 0 N–H and O–H groups in total. The van der Waals surface area contributed by atoms with E-state index >= 15 is 0 Å². The number of rotatable bonds is 6. The highest BCUT2D eigenvalue weighted by Crippen LogP contribution is 2.20. The Kier molecular flexibility index (Phi) is 5.54. The van der Waals surface area contributed by atoms with Gasteiger partial charge in [-0.1, -0.05) is 28.9 Å². The summed E-state index contributed by atoms with van der Waals surface area (Å²) in [7, 11) is 1.66. The highest BCUT2D eigenvalue weighted by molar-refractivity contribution is 9.09. The SMILES string of the molecule is CCC(CBr)COc1cccc(OC)c1. The Hall–Kier alpha value is -0.700. The maximum Gasteiger partial charge on any atom is 0.122 e. The molecule has 1 aromatic rings. The van der Waals surface area contributed by atoms with Gasteiger partial charge in [-0.25, -0.2) is 0 Å². The van der Waals surface area contributed by atoms with Crippen LogP contribution >= 0.6 is 15.9 Å². The van der Waals surface area contributed by atoms with E-state index in [-0.39, 0.29) is 0 Å². The van der Waals surface area contributed by atoms with Crippen LogP contribution in [0.25, 0.3) is 0 Å². The van der Waals surface area contributed by atoms with Gasteiger partial charge in [0.05, 0.1) is 13.7 Å². The normalized spacial score (nSPS) is 12.2. The molecule has 0 aromatic heterocycles. The average molecular weight is 273 g/mol. The Bertz CT molecular complexity index is 285. The van der Waals surface area contributed by atoms with Crippen molar-refractivity contribution in [3.05, 3.63) is 24.3 Å². The van der Waals surface area contributed by atoms with Gasteiger partial charge in [0.25, 0.3) is 0 Å². The maximum atomic E-state index is 5.68. The van der Waals surface area contributed by atoms with Gasteiger partial charge < -0.3 is 9.47 Å². The highest BCUT2D eigenvalue weighted by Gasteiger charge is 2.05. The number of methoxy groups -OCH3 is 1. The van der Waals surface area contributed by atoms with Crippen molar-refractivity contribution in [3.63, 3.8) is 0 Å². The smallest absolute Gasteiger partial charge is 0.122 e. The van der Waals surface area contributed by atoms with Gasteiger partial charge in [0.15, 0.2) is 0 Å². The molecule has 0 fully saturated rings. The second-order valence-corrected chi connectivity index (χ2v) is 4.07. The molecule has 0 aliphatic carbocycles. The van der Waals surface area contributed by atoms with Crippen LogP contribution in [0.4, 0.5) is 0 Å². The first-order chi connectivity index (χ1) is 7.30. The van der Waals surface area contributed by atoms with Gasteiger partial charge >= 0.3 is 0 Å². The summed E-state index contributed by atoms with van der Waals surface area (Å²) < 4.78 is 10.8. The molecule has 84 valence electrons. The minimum Gasteiger partial charge on any atom is -0.497 e. The first kappa shape index (κ1) is 12.4. The van der Waals surface area contributed by atoms with E-state index in [1.54, 1.807) is 7.11 Å². The molecule has 3 heteroatoms. The van der Waals surface area contributed by atoms with Crippen LogP contribution in [0.15, 0.2) is 24.3 Å². The van der Waals surface area contributed by atoms with E-state index in [1.807, 2.05) is 24.3 Å². The molecule has 1 unspecified atom stereocenters. The van der Waals surface area contributed by atoms with Crippen LogP contribution in [-0.4, -0.2) is 19.0 Å². The summed E-state index contributed by atoms with van der Waals surface area (Å²) in [5.41, 5.74) is 0. The van der Waals surface area contributed by atoms with Gasteiger partial charge in [-0.2, -0.15) is 0 Å². The summed E-state index contributed by atoms with van der Waals surface area (Å²) in [6, 6.07) is 7.70. The van der Waals surface area contributed by atoms with Gasteiger partial charge in [-0.15, -0.1) is 0 Å². The summed E-state index contributed by atoms with van der Waals surface area (Å²) >= 11 is 3.47. The zero-order valence-electron chi connectivity index (χ0n) is 9.20. The van der Waals surface area contributed by atoms with Crippen molar-refractivity contribution in [2.24, 2.45) is 5.92 Å². The lowest BCUT2D eigenvalue weighted by Gasteiger charge is -2.13. The quantitative estimate of drug-likeness (QED) is 0.738. The number of hydrogen-bond donors (Lipinski definition) is 0. The lowest BCUT2D eigenvalue weighted by Crippen LogP contribution is -2.12. The maximum absolute atomic E-state index is 5.68. The molecule has 0 saturated carbocycles. The fraction of sp³-hybridized carbons (Fsp3) is 0.500. The van der Waals surface area contributed by atoms with Crippen LogP contribution in [0.1, 0.15) is 13.3 Å². The number of benzene rings is 1. The average Bonchev–Trinajstić information content (AvgIpc) is 2.31. The largest absolute Gasteiger partial charge is 0.497 e. The molecule has 1 rings (SSSR count). The van der Waals surface area contributed by atoms with Crippen LogP contribution in [0.3, 0.4) is 0 Å². The number of hydrogen-bond acceptors (Lipinski definition) is 2. The molecule has 15 heavy (non-hydrogen) atoms. The van der Waals surface area contributed by atoms with Gasteiger partial charge in [0.2, 0.25) is 0 Å². The number of alkyl halides is 1. The van der Waals surface area contributed by atoms with Gasteiger partial charge in [0.1, 0.15) is 11.5 Å². The fourth-order valence-corrected chi connectivity index (χ4v) is 1.82. The van der Waals surface area contributed by atoms with Gasteiger partial charge in [-0.05, 0) is 18.6 Å². The molecule has 0 heterocycles. The Morgan fingerprint density at radius 3 is 2.67 bits per heavy atom. The fourth-order valence-electron chi connectivity index (χ4n) is 1.18. The second-order valence-electron chi connectivity index (χ2n) is 3.42. The lowest BCUT2D eigenvalue weighted by atomic mass is 10.1. The van der Waals surface area contributed by atoms with E-state index in [1.165, 1.54) is 0 Å². The van der Waals surface area contributed by atoms with E-state index < -0.39 is 0 Å². The van der Waals surface area contributed by atoms with Crippen molar-refractivity contribution in [1.29, 1.82) is 0 Å². The first-order valence-electron chi connectivity index (χ1n) is 5.13. The summed E-state index contributed by atoms with van der Waals surface area (Å²) in [5.74, 6) is 2.27. The Morgan fingerprint density at radius 2 is 2.07 bits per heavy atom. The van der Waals surface area contributed by atoms with Crippen molar-refractivity contribution in [2.75, 3.05) is 19.0 Å². The topological polar surface area (TPSA) is 18.5 Å². The standard InChI is InChI=1S/C12H17BrO2/c1-3-10(8-13)9-15-12-6-4-5-11(7-12)14-2/h4-7,10H,3,8-9H2,1-2H3. The van der Waals surface area contributed by atoms with Gasteiger partial charge in [-0.3, -0.25) is 0 Å². The monoisotopic (exact) mass is 272 g/mol. The van der Waals surface area contributed by atoms with Crippen molar-refractivity contribution in [1.82, 2.24) is 0 Å². The van der Waals surface area contributed by atoms with E-state index in [0.717, 1.165) is 29.9 Å². The van der Waals surface area contributed by atoms with E-state index in [9.17, 15) is 0 Å². The van der Waals surface area contributed by atoms with Gasteiger partial charge in [0, 0.05) is 17.3 Å². The minimum atomic E-state index is 0.566. The van der Waals surface area contributed by atoms with Crippen LogP contribution in [-0.2, 0) is 0 Å². The summed E-state index contributed by atoms with van der Waals surface area (Å²) in [4.78, 5) is 0. The molecule has 0 aliphatic rings. The van der Waals surface area contributed by atoms with Crippen molar-refractivity contribution in [3.8, 4) is 11.5 Å². The van der Waals surface area contributed by atoms with Crippen molar-refractivity contribution < 1.29 is 9.47 Å².